The second-order valence-corrected chi connectivity index (χ2v) is 10.1. The molecule has 1 aliphatic rings. The van der Waals surface area contributed by atoms with E-state index in [1.165, 1.54) is 5.56 Å². The van der Waals surface area contributed by atoms with Gasteiger partial charge < -0.3 is 25.0 Å². The lowest BCUT2D eigenvalue weighted by molar-refractivity contribution is -0.116. The molecule has 0 spiro atoms. The van der Waals surface area contributed by atoms with Crippen molar-refractivity contribution < 1.29 is 14.3 Å². The fraction of sp³-hybridized carbons (Fsp3) is 0.312. The van der Waals surface area contributed by atoms with Gasteiger partial charge in [-0.25, -0.2) is 9.97 Å². The Labute approximate surface area is 240 Å². The van der Waals surface area contributed by atoms with Crippen LogP contribution in [0.3, 0.4) is 0 Å². The largest absolute Gasteiger partial charge is 0.492 e. The van der Waals surface area contributed by atoms with Crippen LogP contribution < -0.4 is 15.4 Å². The van der Waals surface area contributed by atoms with Gasteiger partial charge in [0.1, 0.15) is 18.2 Å². The standard InChI is InChI=1S/C32H36N6O3/c1-4-6-30(39)34-25-8-5-7-22(17-25)31-36-29-12-11-27(41-16-14-38(2)13-15-40-3)19-28(29)32(37-31)35-26-10-9-23-20-33-21-24(23)18-26/h5,7-12,17-19,21H,4,6,13-16,20H2,1-3H3,(H,34,39)(H,35,36,37). The second kappa shape index (κ2) is 13.3. The first-order valence-corrected chi connectivity index (χ1v) is 13.9. The van der Waals surface area contributed by atoms with Gasteiger partial charge in [0.15, 0.2) is 5.82 Å². The minimum atomic E-state index is -0.0102. The smallest absolute Gasteiger partial charge is 0.224 e. The molecule has 0 saturated carbocycles. The molecule has 0 atom stereocenters. The summed E-state index contributed by atoms with van der Waals surface area (Å²) in [6.45, 7) is 5.56. The fourth-order valence-corrected chi connectivity index (χ4v) is 4.60. The summed E-state index contributed by atoms with van der Waals surface area (Å²) >= 11 is 0. The summed E-state index contributed by atoms with van der Waals surface area (Å²) in [7, 11) is 3.75. The maximum atomic E-state index is 12.2. The first kappa shape index (κ1) is 28.2. The van der Waals surface area contributed by atoms with Gasteiger partial charge in [-0.05, 0) is 67.1 Å². The van der Waals surface area contributed by atoms with Gasteiger partial charge >= 0.3 is 0 Å². The molecular formula is C32H36N6O3. The van der Waals surface area contributed by atoms with Crippen LogP contribution in [0.1, 0.15) is 30.9 Å². The van der Waals surface area contributed by atoms with E-state index in [-0.39, 0.29) is 5.91 Å². The number of benzene rings is 3. The van der Waals surface area contributed by atoms with Crippen LogP contribution in [0, 0.1) is 0 Å². The Morgan fingerprint density at radius 2 is 1.88 bits per heavy atom. The van der Waals surface area contributed by atoms with Gasteiger partial charge in [-0.15, -0.1) is 0 Å². The number of hydrogen-bond acceptors (Lipinski definition) is 8. The zero-order chi connectivity index (χ0) is 28.6. The molecule has 2 heterocycles. The molecule has 0 unspecified atom stereocenters. The quantitative estimate of drug-likeness (QED) is 0.220. The van der Waals surface area contributed by atoms with Crippen molar-refractivity contribution in [2.75, 3.05) is 51.1 Å². The van der Waals surface area contributed by atoms with Gasteiger partial charge in [0.2, 0.25) is 5.91 Å². The molecule has 5 rings (SSSR count). The lowest BCUT2D eigenvalue weighted by Gasteiger charge is -2.17. The lowest BCUT2D eigenvalue weighted by Crippen LogP contribution is -2.27. The number of anilines is 3. The van der Waals surface area contributed by atoms with Gasteiger partial charge in [-0.3, -0.25) is 9.79 Å². The van der Waals surface area contributed by atoms with E-state index in [0.717, 1.165) is 58.7 Å². The number of carbonyl (C=O) groups excluding carboxylic acids is 1. The number of carbonyl (C=O) groups is 1. The predicted molar refractivity (Wildman–Crippen MR) is 164 cm³/mol. The van der Waals surface area contributed by atoms with Crippen molar-refractivity contribution >= 4 is 40.2 Å². The van der Waals surface area contributed by atoms with Crippen LogP contribution in [0.15, 0.2) is 65.7 Å². The number of nitrogens with one attached hydrogen (secondary N) is 2. The molecular weight excluding hydrogens is 516 g/mol. The van der Waals surface area contributed by atoms with Gasteiger partial charge in [0.05, 0.1) is 18.7 Å². The Bertz CT molecular complexity index is 1550. The average Bonchev–Trinajstić information content (AvgIpc) is 3.44. The average molecular weight is 553 g/mol. The fourth-order valence-electron chi connectivity index (χ4n) is 4.60. The van der Waals surface area contributed by atoms with Crippen molar-refractivity contribution in [1.82, 2.24) is 14.9 Å². The van der Waals surface area contributed by atoms with Crippen molar-refractivity contribution in [2.24, 2.45) is 4.99 Å². The molecule has 0 aliphatic carbocycles. The van der Waals surface area contributed by atoms with Gasteiger partial charge in [0, 0.05) is 55.2 Å². The molecule has 0 bridgehead atoms. The Morgan fingerprint density at radius 1 is 1.00 bits per heavy atom. The lowest BCUT2D eigenvalue weighted by atomic mass is 10.1. The Kier molecular flexibility index (Phi) is 9.18. The molecule has 0 fully saturated rings. The topological polar surface area (TPSA) is 101 Å². The molecule has 1 aliphatic heterocycles. The van der Waals surface area contributed by atoms with Crippen molar-refractivity contribution in [1.29, 1.82) is 0 Å². The Morgan fingerprint density at radius 3 is 2.73 bits per heavy atom. The van der Waals surface area contributed by atoms with Crippen LogP contribution in [0.4, 0.5) is 17.2 Å². The van der Waals surface area contributed by atoms with E-state index in [9.17, 15) is 4.79 Å². The highest BCUT2D eigenvalue weighted by molar-refractivity contribution is 5.95. The Balaban J connectivity index is 1.46. The van der Waals surface area contributed by atoms with E-state index in [0.29, 0.717) is 37.8 Å². The number of likely N-dealkylation sites (N-methyl/N-ethyl adjacent to an activating group) is 1. The predicted octanol–water partition coefficient (Wildman–Crippen LogP) is 5.67. The number of methoxy groups -OCH3 is 1. The highest BCUT2D eigenvalue weighted by Crippen LogP contribution is 2.32. The van der Waals surface area contributed by atoms with E-state index >= 15 is 0 Å². The zero-order valence-corrected chi connectivity index (χ0v) is 23.8. The van der Waals surface area contributed by atoms with E-state index < -0.39 is 0 Å². The van der Waals surface area contributed by atoms with E-state index in [4.69, 9.17) is 19.4 Å². The minimum Gasteiger partial charge on any atom is -0.492 e. The van der Waals surface area contributed by atoms with Crippen molar-refractivity contribution in [3.8, 4) is 17.1 Å². The van der Waals surface area contributed by atoms with Crippen LogP contribution in [0.2, 0.25) is 0 Å². The number of ether oxygens (including phenoxy) is 2. The van der Waals surface area contributed by atoms with Gasteiger partial charge in [-0.2, -0.15) is 0 Å². The summed E-state index contributed by atoms with van der Waals surface area (Å²) in [6, 6.07) is 19.7. The van der Waals surface area contributed by atoms with Crippen LogP contribution in [-0.4, -0.2) is 67.5 Å². The summed E-state index contributed by atoms with van der Waals surface area (Å²) < 4.78 is 11.3. The molecule has 41 heavy (non-hydrogen) atoms. The molecule has 0 saturated heterocycles. The van der Waals surface area contributed by atoms with Gasteiger partial charge in [0.25, 0.3) is 0 Å². The first-order chi connectivity index (χ1) is 20.0. The summed E-state index contributed by atoms with van der Waals surface area (Å²) in [6.07, 6.45) is 3.17. The highest BCUT2D eigenvalue weighted by Gasteiger charge is 2.14. The molecule has 0 radical (unpaired) electrons. The van der Waals surface area contributed by atoms with Crippen LogP contribution in [0.5, 0.6) is 5.75 Å². The monoisotopic (exact) mass is 552 g/mol. The number of amides is 1. The van der Waals surface area contributed by atoms with Crippen molar-refractivity contribution in [3.05, 3.63) is 71.8 Å². The molecule has 9 nitrogen and oxygen atoms in total. The zero-order valence-electron chi connectivity index (χ0n) is 23.8. The summed E-state index contributed by atoms with van der Waals surface area (Å²) in [4.78, 5) is 28.6. The Hall–Kier alpha value is -4.34. The van der Waals surface area contributed by atoms with Crippen LogP contribution >= 0.6 is 0 Å². The highest BCUT2D eigenvalue weighted by atomic mass is 16.5. The van der Waals surface area contributed by atoms with Gasteiger partial charge in [-0.1, -0.05) is 25.1 Å². The SMILES string of the molecule is CCCC(=O)Nc1cccc(-c2nc(Nc3ccc4c(c3)C=NC4)c3cc(OCCN(C)CCOC)ccc3n2)c1. The van der Waals surface area contributed by atoms with E-state index in [2.05, 4.69) is 32.7 Å². The number of aromatic nitrogens is 2. The summed E-state index contributed by atoms with van der Waals surface area (Å²) in [5.74, 6) is 1.97. The first-order valence-electron chi connectivity index (χ1n) is 13.9. The normalized spacial score (nSPS) is 12.1. The maximum absolute atomic E-state index is 12.2. The molecule has 4 aromatic rings. The number of hydrogen-bond donors (Lipinski definition) is 2. The molecule has 1 aromatic heterocycles. The second-order valence-electron chi connectivity index (χ2n) is 10.1. The third-order valence-electron chi connectivity index (χ3n) is 6.87. The third-order valence-corrected chi connectivity index (χ3v) is 6.87. The third kappa shape index (κ3) is 7.25. The van der Waals surface area contributed by atoms with Crippen LogP contribution in [0.25, 0.3) is 22.3 Å². The van der Waals surface area contributed by atoms with E-state index in [1.54, 1.807) is 7.11 Å². The molecule has 212 valence electrons. The molecule has 2 N–H and O–H groups in total. The van der Waals surface area contributed by atoms with E-state index in [1.807, 2.05) is 68.7 Å². The molecule has 1 amide bonds. The molecule has 3 aromatic carbocycles. The number of fused-ring (bicyclic) bond motifs is 2. The number of aliphatic imine (C=N–C) groups is 1. The number of rotatable bonds is 13. The maximum Gasteiger partial charge on any atom is 0.224 e. The number of nitrogens with zero attached hydrogens (tertiary/aromatic N) is 4. The summed E-state index contributed by atoms with van der Waals surface area (Å²) in [5, 5.41) is 7.33. The van der Waals surface area contributed by atoms with Crippen molar-refractivity contribution in [2.45, 2.75) is 26.3 Å². The van der Waals surface area contributed by atoms with Crippen LogP contribution in [-0.2, 0) is 16.1 Å². The molecule has 9 heteroatoms. The minimum absolute atomic E-state index is 0.0102. The van der Waals surface area contributed by atoms with Crippen molar-refractivity contribution in [3.63, 3.8) is 0 Å². The summed E-state index contributed by atoms with van der Waals surface area (Å²) in [5.41, 5.74) is 5.53.